The second kappa shape index (κ2) is 6.24. The highest BCUT2D eigenvalue weighted by atomic mass is 35.5. The van der Waals surface area contributed by atoms with Crippen molar-refractivity contribution >= 4 is 39.8 Å². The maximum Gasteiger partial charge on any atom is 0.325 e. The van der Waals surface area contributed by atoms with Crippen LogP contribution < -0.4 is 10.6 Å². The van der Waals surface area contributed by atoms with E-state index < -0.39 is 0 Å². The van der Waals surface area contributed by atoms with Crippen LogP contribution in [-0.2, 0) is 0 Å². The van der Waals surface area contributed by atoms with Gasteiger partial charge in [-0.3, -0.25) is 5.32 Å². The molecule has 1 aromatic carbocycles. The average Bonchev–Trinajstić information content (AvgIpc) is 2.82. The third-order valence-electron chi connectivity index (χ3n) is 2.76. The van der Waals surface area contributed by atoms with Crippen LogP contribution in [0.15, 0.2) is 24.4 Å². The Hall–Kier alpha value is -1.59. The van der Waals surface area contributed by atoms with Crippen molar-refractivity contribution in [2.75, 3.05) is 10.6 Å². The number of aromatic nitrogens is 1. The number of carbonyl (C=O) groups is 1. The zero-order valence-corrected chi connectivity index (χ0v) is 13.1. The molecule has 0 unspecified atom stereocenters. The zero-order valence-electron chi connectivity index (χ0n) is 11.5. The van der Waals surface area contributed by atoms with Gasteiger partial charge in [-0.1, -0.05) is 31.5 Å². The fourth-order valence-electron chi connectivity index (χ4n) is 1.59. The maximum absolute atomic E-state index is 11.9. The largest absolute Gasteiger partial charge is 0.325 e. The molecular formula is C14H16ClN3OS. The first-order chi connectivity index (χ1) is 9.45. The van der Waals surface area contributed by atoms with Gasteiger partial charge in [0.25, 0.3) is 0 Å². The quantitative estimate of drug-likeness (QED) is 0.849. The van der Waals surface area contributed by atoms with E-state index in [1.165, 1.54) is 11.3 Å². The highest BCUT2D eigenvalue weighted by Crippen LogP contribution is 2.25. The van der Waals surface area contributed by atoms with E-state index in [2.05, 4.69) is 29.5 Å². The molecule has 0 atom stereocenters. The summed E-state index contributed by atoms with van der Waals surface area (Å²) in [6.45, 7) is 6.09. The second-order valence-electron chi connectivity index (χ2n) is 4.76. The van der Waals surface area contributed by atoms with Crippen LogP contribution >= 0.6 is 22.9 Å². The van der Waals surface area contributed by atoms with Gasteiger partial charge in [0.1, 0.15) is 0 Å². The number of nitrogens with one attached hydrogen (secondary N) is 2. The Morgan fingerprint density at radius 3 is 2.75 bits per heavy atom. The van der Waals surface area contributed by atoms with Crippen molar-refractivity contribution in [2.24, 2.45) is 0 Å². The van der Waals surface area contributed by atoms with Gasteiger partial charge < -0.3 is 5.32 Å². The summed E-state index contributed by atoms with van der Waals surface area (Å²) >= 11 is 7.39. The lowest BCUT2D eigenvalue weighted by Gasteiger charge is -2.08. The van der Waals surface area contributed by atoms with E-state index in [9.17, 15) is 4.79 Å². The van der Waals surface area contributed by atoms with Crippen LogP contribution in [0.3, 0.4) is 0 Å². The monoisotopic (exact) mass is 309 g/mol. The predicted molar refractivity (Wildman–Crippen MR) is 85.0 cm³/mol. The molecule has 2 N–H and O–H groups in total. The second-order valence-corrected chi connectivity index (χ2v) is 6.26. The Balaban J connectivity index is 2.03. The molecule has 0 fully saturated rings. The molecule has 0 spiro atoms. The van der Waals surface area contributed by atoms with Crippen LogP contribution in [0.25, 0.3) is 0 Å². The first-order valence-electron chi connectivity index (χ1n) is 6.25. The minimum absolute atomic E-state index is 0.319. The number of benzene rings is 1. The highest BCUT2D eigenvalue weighted by Gasteiger charge is 2.10. The molecule has 2 rings (SSSR count). The number of hydrogen-bond acceptors (Lipinski definition) is 3. The minimum atomic E-state index is -0.319. The third-order valence-corrected chi connectivity index (χ3v) is 4.21. The van der Waals surface area contributed by atoms with E-state index in [0.29, 0.717) is 21.8 Å². The number of anilines is 2. The summed E-state index contributed by atoms with van der Waals surface area (Å²) in [7, 11) is 0. The topological polar surface area (TPSA) is 54.0 Å². The number of aryl methyl sites for hydroxylation is 1. The number of carbonyl (C=O) groups excluding carboxylic acids is 1. The summed E-state index contributed by atoms with van der Waals surface area (Å²) in [5.41, 5.74) is 1.64. The normalized spacial score (nSPS) is 10.7. The summed E-state index contributed by atoms with van der Waals surface area (Å²) in [5, 5.41) is 6.67. The zero-order chi connectivity index (χ0) is 14.7. The van der Waals surface area contributed by atoms with Gasteiger partial charge in [0.15, 0.2) is 5.13 Å². The van der Waals surface area contributed by atoms with Crippen molar-refractivity contribution < 1.29 is 4.79 Å². The molecule has 0 aliphatic rings. The van der Waals surface area contributed by atoms with E-state index in [0.717, 1.165) is 10.4 Å². The Kier molecular flexibility index (Phi) is 4.62. The molecule has 2 aromatic rings. The molecule has 1 aromatic heterocycles. The Labute approximate surface area is 127 Å². The molecule has 20 heavy (non-hydrogen) atoms. The van der Waals surface area contributed by atoms with Crippen LogP contribution in [0, 0.1) is 6.92 Å². The van der Waals surface area contributed by atoms with E-state index in [-0.39, 0.29) is 6.03 Å². The Morgan fingerprint density at radius 1 is 1.35 bits per heavy atom. The summed E-state index contributed by atoms with van der Waals surface area (Å²) in [5.74, 6) is 0.404. The number of nitrogens with zero attached hydrogens (tertiary/aromatic N) is 1. The van der Waals surface area contributed by atoms with Crippen LogP contribution in [0.4, 0.5) is 15.6 Å². The number of halogens is 1. The Morgan fingerprint density at radius 2 is 2.10 bits per heavy atom. The predicted octanol–water partition coefficient (Wildman–Crippen LogP) is 4.87. The molecule has 6 heteroatoms. The molecule has 106 valence electrons. The van der Waals surface area contributed by atoms with Crippen LogP contribution in [0.5, 0.6) is 0 Å². The van der Waals surface area contributed by atoms with Gasteiger partial charge in [-0.05, 0) is 30.5 Å². The summed E-state index contributed by atoms with van der Waals surface area (Å²) < 4.78 is 0. The minimum Gasteiger partial charge on any atom is -0.307 e. The molecular weight excluding hydrogens is 294 g/mol. The SMILES string of the molecule is Cc1ccc(Cl)cc1NC(=O)Nc1ncc(C(C)C)s1. The summed E-state index contributed by atoms with van der Waals surface area (Å²) in [6, 6.07) is 5.05. The van der Waals surface area contributed by atoms with Crippen molar-refractivity contribution in [1.29, 1.82) is 0 Å². The van der Waals surface area contributed by atoms with Crippen LogP contribution in [-0.4, -0.2) is 11.0 Å². The molecule has 4 nitrogen and oxygen atoms in total. The van der Waals surface area contributed by atoms with Crippen molar-refractivity contribution in [3.05, 3.63) is 39.9 Å². The van der Waals surface area contributed by atoms with Crippen molar-refractivity contribution in [2.45, 2.75) is 26.7 Å². The van der Waals surface area contributed by atoms with Crippen molar-refractivity contribution in [3.8, 4) is 0 Å². The molecule has 0 aliphatic carbocycles. The van der Waals surface area contributed by atoms with Crippen LogP contribution in [0.1, 0.15) is 30.2 Å². The standard InChI is InChI=1S/C14H16ClN3OS/c1-8(2)12-7-16-14(20-12)18-13(19)17-11-6-10(15)5-4-9(11)3/h4-8H,1-3H3,(H2,16,17,18,19). The van der Waals surface area contributed by atoms with Gasteiger partial charge in [-0.2, -0.15) is 0 Å². The Bertz CT molecular complexity index is 625. The number of rotatable bonds is 3. The maximum atomic E-state index is 11.9. The lowest BCUT2D eigenvalue weighted by Crippen LogP contribution is -2.19. The lowest BCUT2D eigenvalue weighted by atomic mass is 10.2. The smallest absolute Gasteiger partial charge is 0.307 e. The van der Waals surface area contributed by atoms with E-state index >= 15 is 0 Å². The molecule has 0 aliphatic heterocycles. The molecule has 0 saturated heterocycles. The molecule has 2 amide bonds. The average molecular weight is 310 g/mol. The van der Waals surface area contributed by atoms with Crippen LogP contribution in [0.2, 0.25) is 5.02 Å². The molecule has 0 radical (unpaired) electrons. The fourth-order valence-corrected chi connectivity index (χ4v) is 2.58. The van der Waals surface area contributed by atoms with Gasteiger partial charge >= 0.3 is 6.03 Å². The first kappa shape index (κ1) is 14.8. The van der Waals surface area contributed by atoms with Gasteiger partial charge in [0, 0.05) is 21.8 Å². The van der Waals surface area contributed by atoms with Gasteiger partial charge in [-0.15, -0.1) is 11.3 Å². The summed E-state index contributed by atoms with van der Waals surface area (Å²) in [6.07, 6.45) is 1.79. The number of urea groups is 1. The fraction of sp³-hybridized carbons (Fsp3) is 0.286. The van der Waals surface area contributed by atoms with Gasteiger partial charge in [0.05, 0.1) is 0 Å². The molecule has 0 bridgehead atoms. The third kappa shape index (κ3) is 3.71. The van der Waals surface area contributed by atoms with Gasteiger partial charge in [-0.25, -0.2) is 9.78 Å². The number of hydrogen-bond donors (Lipinski definition) is 2. The van der Waals surface area contributed by atoms with Gasteiger partial charge in [0.2, 0.25) is 0 Å². The highest BCUT2D eigenvalue weighted by molar-refractivity contribution is 7.15. The number of thiazole rings is 1. The van der Waals surface area contributed by atoms with Crippen molar-refractivity contribution in [3.63, 3.8) is 0 Å². The van der Waals surface area contributed by atoms with E-state index in [1.54, 1.807) is 18.3 Å². The van der Waals surface area contributed by atoms with Crippen molar-refractivity contribution in [1.82, 2.24) is 4.98 Å². The summed E-state index contributed by atoms with van der Waals surface area (Å²) in [4.78, 5) is 17.2. The number of amides is 2. The first-order valence-corrected chi connectivity index (χ1v) is 7.45. The molecule has 0 saturated carbocycles. The molecule has 1 heterocycles. The lowest BCUT2D eigenvalue weighted by molar-refractivity contribution is 0.262. The van der Waals surface area contributed by atoms with E-state index in [4.69, 9.17) is 11.6 Å². The van der Waals surface area contributed by atoms with E-state index in [1.807, 2.05) is 13.0 Å².